The van der Waals surface area contributed by atoms with Crippen LogP contribution in [0.5, 0.6) is 5.75 Å². The first kappa shape index (κ1) is 10.6. The van der Waals surface area contributed by atoms with Crippen LogP contribution in [0.15, 0.2) is 36.4 Å². The molecule has 3 nitrogen and oxygen atoms in total. The second kappa shape index (κ2) is 6.05. The zero-order chi connectivity index (χ0) is 10.2. The Morgan fingerprint density at radius 2 is 2.29 bits per heavy atom. The third kappa shape index (κ3) is 3.49. The van der Waals surface area contributed by atoms with Gasteiger partial charge in [-0.1, -0.05) is 18.2 Å². The van der Waals surface area contributed by atoms with E-state index in [0.29, 0.717) is 6.54 Å². The third-order valence-corrected chi connectivity index (χ3v) is 1.77. The molecule has 0 aliphatic heterocycles. The predicted molar refractivity (Wildman–Crippen MR) is 57.7 cm³/mol. The number of aliphatic hydroxyl groups excluding tert-OH is 1. The summed E-state index contributed by atoms with van der Waals surface area (Å²) < 4.78 is 5.08. The molecule has 76 valence electrons. The minimum Gasteiger partial charge on any atom is -0.497 e. The Bertz CT molecular complexity index is 297. The van der Waals surface area contributed by atoms with Gasteiger partial charge in [-0.15, -0.1) is 0 Å². The molecule has 0 aliphatic carbocycles. The fourth-order valence-electron chi connectivity index (χ4n) is 1.07. The van der Waals surface area contributed by atoms with Crippen LogP contribution in [0.3, 0.4) is 0 Å². The highest BCUT2D eigenvalue weighted by molar-refractivity contribution is 5.48. The van der Waals surface area contributed by atoms with Crippen LogP contribution in [0.25, 0.3) is 0 Å². The van der Waals surface area contributed by atoms with E-state index in [-0.39, 0.29) is 6.61 Å². The van der Waals surface area contributed by atoms with Crippen LogP contribution in [-0.2, 0) is 0 Å². The van der Waals surface area contributed by atoms with E-state index in [9.17, 15) is 0 Å². The van der Waals surface area contributed by atoms with Crippen LogP contribution in [-0.4, -0.2) is 25.4 Å². The summed E-state index contributed by atoms with van der Waals surface area (Å²) in [5.74, 6) is 0.834. The Morgan fingerprint density at radius 3 is 3.00 bits per heavy atom. The van der Waals surface area contributed by atoms with Crippen molar-refractivity contribution >= 4 is 5.69 Å². The van der Waals surface area contributed by atoms with Crippen molar-refractivity contribution in [2.45, 2.75) is 0 Å². The molecule has 0 aromatic heterocycles. The van der Waals surface area contributed by atoms with Crippen molar-refractivity contribution in [3.05, 3.63) is 36.4 Å². The van der Waals surface area contributed by atoms with Gasteiger partial charge in [-0.25, -0.2) is 0 Å². The lowest BCUT2D eigenvalue weighted by atomic mass is 10.3. The molecule has 0 heterocycles. The maximum atomic E-state index is 8.51. The molecule has 0 aliphatic rings. The summed E-state index contributed by atoms with van der Waals surface area (Å²) in [7, 11) is 1.64. The SMILES string of the molecule is COc1cccc(NC/C=C/CO)c1. The van der Waals surface area contributed by atoms with Crippen molar-refractivity contribution in [2.24, 2.45) is 0 Å². The number of rotatable bonds is 5. The first-order chi connectivity index (χ1) is 6.86. The first-order valence-corrected chi connectivity index (χ1v) is 4.50. The largest absolute Gasteiger partial charge is 0.497 e. The first-order valence-electron chi connectivity index (χ1n) is 4.50. The Balaban J connectivity index is 2.46. The molecular formula is C11H15NO2. The van der Waals surface area contributed by atoms with Crippen LogP contribution in [0.2, 0.25) is 0 Å². The maximum Gasteiger partial charge on any atom is 0.120 e. The summed E-state index contributed by atoms with van der Waals surface area (Å²) in [4.78, 5) is 0. The van der Waals surface area contributed by atoms with E-state index < -0.39 is 0 Å². The molecule has 14 heavy (non-hydrogen) atoms. The summed E-state index contributed by atoms with van der Waals surface area (Å²) in [6.07, 6.45) is 3.58. The lowest BCUT2D eigenvalue weighted by molar-refractivity contribution is 0.342. The Hall–Kier alpha value is -1.48. The van der Waals surface area contributed by atoms with Crippen LogP contribution in [0, 0.1) is 0 Å². The van der Waals surface area contributed by atoms with Gasteiger partial charge in [0.25, 0.3) is 0 Å². The highest BCUT2D eigenvalue weighted by Gasteiger charge is 1.92. The van der Waals surface area contributed by atoms with Crippen molar-refractivity contribution < 1.29 is 9.84 Å². The Kier molecular flexibility index (Phi) is 4.58. The number of aliphatic hydroxyl groups is 1. The smallest absolute Gasteiger partial charge is 0.120 e. The molecule has 2 N–H and O–H groups in total. The highest BCUT2D eigenvalue weighted by atomic mass is 16.5. The second-order valence-electron chi connectivity index (χ2n) is 2.77. The summed E-state index contributed by atoms with van der Waals surface area (Å²) in [5, 5.41) is 11.7. The van der Waals surface area contributed by atoms with Gasteiger partial charge in [-0.05, 0) is 12.1 Å². The zero-order valence-electron chi connectivity index (χ0n) is 8.23. The molecule has 0 saturated heterocycles. The van der Waals surface area contributed by atoms with Crippen LogP contribution < -0.4 is 10.1 Å². The molecule has 1 aromatic carbocycles. The average Bonchev–Trinajstić information content (AvgIpc) is 2.25. The fraction of sp³-hybridized carbons (Fsp3) is 0.273. The van der Waals surface area contributed by atoms with E-state index in [1.165, 1.54) is 0 Å². The van der Waals surface area contributed by atoms with Crippen LogP contribution in [0.1, 0.15) is 0 Å². The quantitative estimate of drug-likeness (QED) is 0.699. The molecule has 0 saturated carbocycles. The Morgan fingerprint density at radius 1 is 1.43 bits per heavy atom. The highest BCUT2D eigenvalue weighted by Crippen LogP contribution is 2.16. The number of anilines is 1. The van der Waals surface area contributed by atoms with Gasteiger partial charge in [0.15, 0.2) is 0 Å². The number of nitrogens with one attached hydrogen (secondary N) is 1. The van der Waals surface area contributed by atoms with E-state index in [2.05, 4.69) is 5.32 Å². The van der Waals surface area contributed by atoms with Crippen molar-refractivity contribution in [1.82, 2.24) is 0 Å². The van der Waals surface area contributed by atoms with E-state index in [1.807, 2.05) is 30.3 Å². The van der Waals surface area contributed by atoms with E-state index >= 15 is 0 Å². The lowest BCUT2D eigenvalue weighted by Gasteiger charge is -2.05. The van der Waals surface area contributed by atoms with Crippen molar-refractivity contribution in [1.29, 1.82) is 0 Å². The average molecular weight is 193 g/mol. The molecule has 0 radical (unpaired) electrons. The number of hydrogen-bond acceptors (Lipinski definition) is 3. The second-order valence-corrected chi connectivity index (χ2v) is 2.77. The number of hydrogen-bond donors (Lipinski definition) is 2. The van der Waals surface area contributed by atoms with Crippen LogP contribution >= 0.6 is 0 Å². The third-order valence-electron chi connectivity index (χ3n) is 1.77. The van der Waals surface area contributed by atoms with Gasteiger partial charge in [0, 0.05) is 18.3 Å². The molecule has 0 spiro atoms. The van der Waals surface area contributed by atoms with Crippen molar-refractivity contribution in [2.75, 3.05) is 25.6 Å². The molecule has 1 rings (SSSR count). The van der Waals surface area contributed by atoms with Gasteiger partial charge in [0.2, 0.25) is 0 Å². The van der Waals surface area contributed by atoms with Gasteiger partial charge < -0.3 is 15.2 Å². The molecule has 0 fully saturated rings. The molecular weight excluding hydrogens is 178 g/mol. The van der Waals surface area contributed by atoms with E-state index in [0.717, 1.165) is 11.4 Å². The summed E-state index contributed by atoms with van der Waals surface area (Å²) >= 11 is 0. The number of ether oxygens (including phenoxy) is 1. The summed E-state index contributed by atoms with van der Waals surface area (Å²) in [5.41, 5.74) is 1.01. The van der Waals surface area contributed by atoms with Gasteiger partial charge in [0.1, 0.15) is 5.75 Å². The summed E-state index contributed by atoms with van der Waals surface area (Å²) in [6, 6.07) is 7.72. The minimum absolute atomic E-state index is 0.0831. The maximum absolute atomic E-state index is 8.51. The topological polar surface area (TPSA) is 41.5 Å². The van der Waals surface area contributed by atoms with Gasteiger partial charge in [-0.2, -0.15) is 0 Å². The van der Waals surface area contributed by atoms with Crippen molar-refractivity contribution in [3.63, 3.8) is 0 Å². The minimum atomic E-state index is 0.0831. The fourth-order valence-corrected chi connectivity index (χ4v) is 1.07. The Labute approximate surface area is 84.0 Å². The van der Waals surface area contributed by atoms with Gasteiger partial charge >= 0.3 is 0 Å². The van der Waals surface area contributed by atoms with Gasteiger partial charge in [0.05, 0.1) is 13.7 Å². The molecule has 0 unspecified atom stereocenters. The van der Waals surface area contributed by atoms with Gasteiger partial charge in [-0.3, -0.25) is 0 Å². The molecule has 1 aromatic rings. The van der Waals surface area contributed by atoms with E-state index in [1.54, 1.807) is 13.2 Å². The standard InChI is InChI=1S/C11H15NO2/c1-14-11-6-4-5-10(9-11)12-7-2-3-8-13/h2-6,9,12-13H,7-8H2,1H3/b3-2+. The predicted octanol–water partition coefficient (Wildman–Crippen LogP) is 1.66. The molecule has 3 heteroatoms. The molecule has 0 bridgehead atoms. The molecule has 0 atom stereocenters. The number of benzene rings is 1. The monoisotopic (exact) mass is 193 g/mol. The van der Waals surface area contributed by atoms with Crippen LogP contribution in [0.4, 0.5) is 5.69 Å². The van der Waals surface area contributed by atoms with Crippen molar-refractivity contribution in [3.8, 4) is 5.75 Å². The lowest BCUT2D eigenvalue weighted by Crippen LogP contribution is -1.98. The summed E-state index contributed by atoms with van der Waals surface area (Å²) in [6.45, 7) is 0.785. The number of methoxy groups -OCH3 is 1. The zero-order valence-corrected chi connectivity index (χ0v) is 8.23. The van der Waals surface area contributed by atoms with E-state index in [4.69, 9.17) is 9.84 Å². The normalized spacial score (nSPS) is 10.4. The molecule has 0 amide bonds.